The number of imidazole rings is 3. The summed E-state index contributed by atoms with van der Waals surface area (Å²) < 4.78 is 63.2. The Kier molecular flexibility index (Phi) is 7.11. The Hall–Kier alpha value is -3.70. The molecule has 5 aromatic rings. The molecular weight excluding hydrogens is 674 g/mol. The van der Waals surface area contributed by atoms with Crippen molar-refractivity contribution in [2.24, 2.45) is 0 Å². The van der Waals surface area contributed by atoms with Gasteiger partial charge in [-0.05, 0) is 0 Å². The first kappa shape index (κ1) is 30.6. The lowest BCUT2D eigenvalue weighted by Gasteiger charge is -2.25. The van der Waals surface area contributed by atoms with Gasteiger partial charge in [0, 0.05) is 12.4 Å². The van der Waals surface area contributed by atoms with E-state index in [1.54, 1.807) is 16.8 Å². The molecule has 10 atom stereocenters. The van der Waals surface area contributed by atoms with Crippen LogP contribution in [0.1, 0.15) is 12.5 Å². The topological polar surface area (TPSA) is 308 Å². The minimum absolute atomic E-state index is 0.123. The molecule has 0 radical (unpaired) electrons. The van der Waals surface area contributed by atoms with E-state index in [2.05, 4.69) is 29.9 Å². The SMILES string of the molecule is Nc1nc2c(ncn2[C@@H]2O[C@@H]3COP(=O)(O)OC4[C@@H](COP(=O)(O)OC2[C@H]3O)O[C@@H](n2cnc3c2ncn2ccnc32)[C@H]4O)c(=O)[nH]1. The number of nitrogens with two attached hydrogens (primary N) is 1. The molecule has 7 N–H and O–H groups in total. The molecule has 0 spiro atoms. The first-order valence-electron chi connectivity index (χ1n) is 13.7. The number of phosphoric ester groups is 2. The van der Waals surface area contributed by atoms with E-state index in [9.17, 15) is 33.9 Å². The number of rotatable bonds is 2. The van der Waals surface area contributed by atoms with Crippen molar-refractivity contribution >= 4 is 49.6 Å². The number of fused-ring (bicyclic) bond motifs is 7. The molecule has 47 heavy (non-hydrogen) atoms. The highest BCUT2D eigenvalue weighted by molar-refractivity contribution is 7.47. The van der Waals surface area contributed by atoms with Crippen LogP contribution in [0.15, 0.2) is 36.2 Å². The Bertz CT molecular complexity index is 2170. The summed E-state index contributed by atoms with van der Waals surface area (Å²) >= 11 is 0. The van der Waals surface area contributed by atoms with Crippen molar-refractivity contribution < 1.29 is 56.7 Å². The molecule has 3 fully saturated rings. The lowest BCUT2D eigenvalue weighted by molar-refractivity contribution is -0.0672. The van der Waals surface area contributed by atoms with Gasteiger partial charge in [-0.15, -0.1) is 0 Å². The Balaban J connectivity index is 1.11. The summed E-state index contributed by atoms with van der Waals surface area (Å²) in [6, 6.07) is 0. The molecule has 2 bridgehead atoms. The van der Waals surface area contributed by atoms with E-state index >= 15 is 0 Å². The second kappa shape index (κ2) is 10.9. The first-order chi connectivity index (χ1) is 22.4. The van der Waals surface area contributed by atoms with Crippen molar-refractivity contribution in [3.05, 3.63) is 41.7 Å². The van der Waals surface area contributed by atoms with Crippen molar-refractivity contribution in [3.8, 4) is 0 Å². The Morgan fingerprint density at radius 2 is 1.47 bits per heavy atom. The zero-order chi connectivity index (χ0) is 32.8. The van der Waals surface area contributed by atoms with Gasteiger partial charge < -0.3 is 35.2 Å². The highest BCUT2D eigenvalue weighted by Crippen LogP contribution is 2.53. The van der Waals surface area contributed by atoms with Gasteiger partial charge >= 0.3 is 15.6 Å². The van der Waals surface area contributed by atoms with Crippen LogP contribution in [-0.4, -0.2) is 113 Å². The third-order valence-corrected chi connectivity index (χ3v) is 9.86. The number of aromatic nitrogens is 9. The van der Waals surface area contributed by atoms with Crippen LogP contribution >= 0.6 is 15.6 Å². The maximum absolute atomic E-state index is 13.3. The van der Waals surface area contributed by atoms with Crippen molar-refractivity contribution in [2.45, 2.75) is 49.1 Å². The van der Waals surface area contributed by atoms with Crippen LogP contribution in [0, 0.1) is 0 Å². The van der Waals surface area contributed by atoms with E-state index in [1.807, 2.05) is 0 Å². The maximum Gasteiger partial charge on any atom is 0.472 e. The number of aliphatic hydroxyl groups is 2. The van der Waals surface area contributed by atoms with E-state index in [0.717, 1.165) is 10.9 Å². The molecule has 4 unspecified atom stereocenters. The monoisotopic (exact) mass is 698 g/mol. The lowest BCUT2D eigenvalue weighted by atomic mass is 10.1. The van der Waals surface area contributed by atoms with E-state index in [1.165, 1.54) is 17.2 Å². The standard InChI is InChI=1S/C22H24N10O13P2/c23-22-28-18-11(19(35)29-22)26-7-32(18)21-15-12(33)8(42-21)3-40-46(36,37)44-14-9(4-41-47(38,39)45-15)43-20(13(14)34)31-6-25-10-16-24-1-2-30(16)5-27-17(10)31/h1-2,5-9,12-15,20-21,33-34H,3-4H2,(H,36,37)(H,38,39)(H3,23,28,29,35)/t8-,9-,12+,13+,14?,15?,20-,21-/m1/s1. The number of nitrogens with zero attached hydrogens (tertiary/aromatic N) is 8. The highest BCUT2D eigenvalue weighted by Gasteiger charge is 2.54. The summed E-state index contributed by atoms with van der Waals surface area (Å²) in [5.41, 5.74) is 5.73. The fraction of sp³-hybridized carbons (Fsp3) is 0.455. The molecule has 8 heterocycles. The van der Waals surface area contributed by atoms with Crippen molar-refractivity contribution in [3.63, 3.8) is 0 Å². The predicted octanol–water partition coefficient (Wildman–Crippen LogP) is -1.67. The molecular formula is C22H24N10O13P2. The summed E-state index contributed by atoms with van der Waals surface area (Å²) in [6.07, 6.45) is -5.51. The smallest absolute Gasteiger partial charge is 0.387 e. The van der Waals surface area contributed by atoms with Gasteiger partial charge in [-0.25, -0.2) is 29.1 Å². The first-order valence-corrected chi connectivity index (χ1v) is 16.7. The van der Waals surface area contributed by atoms with Gasteiger partial charge in [-0.3, -0.25) is 41.4 Å². The van der Waals surface area contributed by atoms with Gasteiger partial charge in [-0.2, -0.15) is 4.98 Å². The molecule has 5 aromatic heterocycles. The summed E-state index contributed by atoms with van der Waals surface area (Å²) in [6.45, 7) is -1.63. The van der Waals surface area contributed by atoms with Gasteiger partial charge in [0.25, 0.3) is 5.56 Å². The van der Waals surface area contributed by atoms with Crippen LogP contribution in [0.5, 0.6) is 0 Å². The molecule has 8 rings (SSSR count). The van der Waals surface area contributed by atoms with Crippen molar-refractivity contribution in [2.75, 3.05) is 18.9 Å². The largest absolute Gasteiger partial charge is 0.472 e. The van der Waals surface area contributed by atoms with Crippen molar-refractivity contribution in [1.29, 1.82) is 0 Å². The molecule has 0 aliphatic carbocycles. The fourth-order valence-electron chi connectivity index (χ4n) is 5.77. The number of aliphatic hydroxyl groups excluding tert-OH is 2. The van der Waals surface area contributed by atoms with E-state index in [4.69, 9.17) is 33.3 Å². The number of hydrogen-bond acceptors (Lipinski definition) is 17. The molecule has 23 nitrogen and oxygen atoms in total. The summed E-state index contributed by atoms with van der Waals surface area (Å²) in [5, 5.41) is 22.3. The number of H-pyrrole nitrogens is 1. The van der Waals surface area contributed by atoms with Crippen LogP contribution in [-0.2, 0) is 36.7 Å². The molecule has 250 valence electrons. The normalized spacial score (nSPS) is 36.8. The van der Waals surface area contributed by atoms with E-state index in [-0.39, 0.29) is 22.8 Å². The molecule has 0 saturated carbocycles. The van der Waals surface area contributed by atoms with Crippen LogP contribution in [0.2, 0.25) is 0 Å². The number of nitrogen functional groups attached to an aromatic ring is 1. The Labute approximate surface area is 259 Å². The van der Waals surface area contributed by atoms with Crippen LogP contribution < -0.4 is 11.3 Å². The number of hydrogen-bond donors (Lipinski definition) is 6. The van der Waals surface area contributed by atoms with Gasteiger partial charge in [0.05, 0.1) is 25.9 Å². The second-order valence-electron chi connectivity index (χ2n) is 10.8. The van der Waals surface area contributed by atoms with Crippen molar-refractivity contribution in [1.82, 2.24) is 43.4 Å². The summed E-state index contributed by atoms with van der Waals surface area (Å²) in [4.78, 5) is 56.8. The lowest BCUT2D eigenvalue weighted by Crippen LogP contribution is -2.36. The Morgan fingerprint density at radius 3 is 2.23 bits per heavy atom. The van der Waals surface area contributed by atoms with Crippen LogP contribution in [0.3, 0.4) is 0 Å². The highest BCUT2D eigenvalue weighted by atomic mass is 31.2. The minimum Gasteiger partial charge on any atom is -0.387 e. The second-order valence-corrected chi connectivity index (χ2v) is 13.6. The van der Waals surface area contributed by atoms with Gasteiger partial charge in [0.1, 0.15) is 43.0 Å². The maximum atomic E-state index is 13.3. The number of aromatic amines is 1. The number of anilines is 1. The summed E-state index contributed by atoms with van der Waals surface area (Å²) in [7, 11) is -10.2. The van der Waals surface area contributed by atoms with Crippen LogP contribution in [0.4, 0.5) is 5.95 Å². The van der Waals surface area contributed by atoms with Crippen LogP contribution in [0.25, 0.3) is 28.0 Å². The van der Waals surface area contributed by atoms with Gasteiger partial charge in [-0.1, -0.05) is 0 Å². The quantitative estimate of drug-likeness (QED) is 0.112. The number of phosphoric acid groups is 2. The molecule has 3 saturated heterocycles. The molecule has 3 aliphatic heterocycles. The van der Waals surface area contributed by atoms with E-state index < -0.39 is 83.5 Å². The number of nitrogens with one attached hydrogen (secondary N) is 1. The fourth-order valence-corrected chi connectivity index (χ4v) is 7.67. The molecule has 0 aromatic carbocycles. The molecule has 3 aliphatic rings. The minimum atomic E-state index is -5.11. The third-order valence-electron chi connectivity index (χ3n) is 7.89. The zero-order valence-corrected chi connectivity index (χ0v) is 25.2. The van der Waals surface area contributed by atoms with E-state index in [0.29, 0.717) is 11.2 Å². The average molecular weight is 698 g/mol. The number of ether oxygens (including phenoxy) is 2. The zero-order valence-electron chi connectivity index (χ0n) is 23.4. The Morgan fingerprint density at radius 1 is 0.809 bits per heavy atom. The molecule has 25 heteroatoms. The molecule has 0 amide bonds. The predicted molar refractivity (Wildman–Crippen MR) is 150 cm³/mol. The third kappa shape index (κ3) is 5.17. The average Bonchev–Trinajstić information content (AvgIpc) is 3.83. The summed E-state index contributed by atoms with van der Waals surface area (Å²) in [5.74, 6) is -0.280. The van der Waals surface area contributed by atoms with Gasteiger partial charge in [0.2, 0.25) is 5.95 Å². The van der Waals surface area contributed by atoms with Gasteiger partial charge in [0.15, 0.2) is 40.4 Å².